The molecule has 0 bridgehead atoms. The molecule has 6 nitrogen and oxygen atoms in total. The van der Waals surface area contributed by atoms with Gasteiger partial charge in [-0.15, -0.1) is 0 Å². The van der Waals surface area contributed by atoms with E-state index in [1.54, 1.807) is 49.6 Å². The van der Waals surface area contributed by atoms with Crippen molar-refractivity contribution in [1.29, 1.82) is 0 Å². The van der Waals surface area contributed by atoms with E-state index in [1.807, 2.05) is 0 Å². The minimum absolute atomic E-state index is 0.0459. The van der Waals surface area contributed by atoms with Gasteiger partial charge in [0, 0.05) is 11.6 Å². The van der Waals surface area contributed by atoms with Gasteiger partial charge in [-0.3, -0.25) is 4.79 Å². The average Bonchev–Trinajstić information content (AvgIpc) is 2.65. The second-order valence-electron chi connectivity index (χ2n) is 5.22. The summed E-state index contributed by atoms with van der Waals surface area (Å²) < 4.78 is 21.1. The molecule has 128 valence electrons. The maximum absolute atomic E-state index is 12.2. The molecular formula is C19H16O6. The molecule has 0 saturated carbocycles. The average molecular weight is 340 g/mol. The quantitative estimate of drug-likeness (QED) is 0.664. The molecule has 2 aromatic carbocycles. The number of fused-ring (bicyclic) bond motifs is 1. The van der Waals surface area contributed by atoms with Crippen LogP contribution in [0.5, 0.6) is 11.5 Å². The Hall–Kier alpha value is -3.28. The Morgan fingerprint density at radius 1 is 1.04 bits per heavy atom. The van der Waals surface area contributed by atoms with Crippen LogP contribution < -0.4 is 14.9 Å². The van der Waals surface area contributed by atoms with Crippen LogP contribution in [-0.4, -0.2) is 20.2 Å². The normalized spacial score (nSPS) is 10.5. The summed E-state index contributed by atoms with van der Waals surface area (Å²) in [4.78, 5) is 24.3. The van der Waals surface area contributed by atoms with Crippen LogP contribution in [0, 0.1) is 0 Å². The molecule has 0 fully saturated rings. The Morgan fingerprint density at radius 2 is 1.84 bits per heavy atom. The number of esters is 1. The fourth-order valence-corrected chi connectivity index (χ4v) is 2.41. The van der Waals surface area contributed by atoms with Gasteiger partial charge < -0.3 is 18.6 Å². The highest BCUT2D eigenvalue weighted by atomic mass is 16.5. The Labute approximate surface area is 143 Å². The SMILES string of the molecule is COc1ccc(OC)c(COC(=O)c2cc(=O)c3ccccc3o2)c1. The van der Waals surface area contributed by atoms with Crippen molar-refractivity contribution in [2.75, 3.05) is 14.2 Å². The molecule has 1 aromatic heterocycles. The molecule has 0 unspecified atom stereocenters. The number of carbonyl (C=O) groups is 1. The van der Waals surface area contributed by atoms with Gasteiger partial charge in [-0.1, -0.05) is 12.1 Å². The molecule has 0 N–H and O–H groups in total. The molecule has 0 aliphatic carbocycles. The third-order valence-corrected chi connectivity index (χ3v) is 3.68. The number of benzene rings is 2. The van der Waals surface area contributed by atoms with Crippen molar-refractivity contribution in [2.24, 2.45) is 0 Å². The second-order valence-corrected chi connectivity index (χ2v) is 5.22. The minimum atomic E-state index is -0.729. The Morgan fingerprint density at radius 3 is 2.60 bits per heavy atom. The van der Waals surface area contributed by atoms with Crippen molar-refractivity contribution in [1.82, 2.24) is 0 Å². The Kier molecular flexibility index (Phi) is 4.70. The van der Waals surface area contributed by atoms with Crippen molar-refractivity contribution < 1.29 is 23.4 Å². The van der Waals surface area contributed by atoms with Crippen molar-refractivity contribution in [3.8, 4) is 11.5 Å². The molecule has 25 heavy (non-hydrogen) atoms. The van der Waals surface area contributed by atoms with E-state index in [4.69, 9.17) is 18.6 Å². The minimum Gasteiger partial charge on any atom is -0.497 e. The largest absolute Gasteiger partial charge is 0.497 e. The zero-order chi connectivity index (χ0) is 17.8. The van der Waals surface area contributed by atoms with E-state index in [2.05, 4.69) is 0 Å². The highest BCUT2D eigenvalue weighted by Crippen LogP contribution is 2.25. The van der Waals surface area contributed by atoms with E-state index in [0.29, 0.717) is 28.0 Å². The van der Waals surface area contributed by atoms with E-state index in [0.717, 1.165) is 6.07 Å². The molecule has 3 rings (SSSR count). The van der Waals surface area contributed by atoms with Gasteiger partial charge in [0.2, 0.25) is 5.76 Å². The monoisotopic (exact) mass is 340 g/mol. The fraction of sp³-hybridized carbons (Fsp3) is 0.158. The van der Waals surface area contributed by atoms with E-state index in [9.17, 15) is 9.59 Å². The summed E-state index contributed by atoms with van der Waals surface area (Å²) in [5, 5.41) is 0.411. The fourth-order valence-electron chi connectivity index (χ4n) is 2.41. The molecule has 0 amide bonds. The number of hydrogen-bond donors (Lipinski definition) is 0. The van der Waals surface area contributed by atoms with E-state index >= 15 is 0 Å². The highest BCUT2D eigenvalue weighted by molar-refractivity contribution is 5.88. The first-order valence-corrected chi connectivity index (χ1v) is 7.53. The van der Waals surface area contributed by atoms with E-state index in [-0.39, 0.29) is 17.8 Å². The Balaban J connectivity index is 1.83. The molecule has 0 aliphatic rings. The molecule has 0 radical (unpaired) electrons. The summed E-state index contributed by atoms with van der Waals surface area (Å²) >= 11 is 0. The van der Waals surface area contributed by atoms with Crippen molar-refractivity contribution in [3.05, 3.63) is 70.1 Å². The van der Waals surface area contributed by atoms with Gasteiger partial charge in [-0.25, -0.2) is 4.79 Å². The molecule has 1 heterocycles. The second kappa shape index (κ2) is 7.09. The first kappa shape index (κ1) is 16.6. The predicted octanol–water partition coefficient (Wildman–Crippen LogP) is 3.17. The number of hydrogen-bond acceptors (Lipinski definition) is 6. The van der Waals surface area contributed by atoms with Crippen LogP contribution in [-0.2, 0) is 11.3 Å². The van der Waals surface area contributed by atoms with Gasteiger partial charge in [0.1, 0.15) is 23.7 Å². The van der Waals surface area contributed by atoms with Crippen molar-refractivity contribution in [3.63, 3.8) is 0 Å². The van der Waals surface area contributed by atoms with Gasteiger partial charge in [-0.05, 0) is 30.3 Å². The maximum Gasteiger partial charge on any atom is 0.374 e. The van der Waals surface area contributed by atoms with Gasteiger partial charge in [-0.2, -0.15) is 0 Å². The van der Waals surface area contributed by atoms with Crippen LogP contribution in [0.15, 0.2) is 57.7 Å². The third kappa shape index (κ3) is 3.47. The number of carbonyl (C=O) groups excluding carboxylic acids is 1. The summed E-state index contributed by atoms with van der Waals surface area (Å²) in [5.74, 6) is 0.302. The number of para-hydroxylation sites is 1. The van der Waals surface area contributed by atoms with Crippen LogP contribution in [0.2, 0.25) is 0 Å². The summed E-state index contributed by atoms with van der Waals surface area (Å²) in [5.41, 5.74) is 0.673. The first-order chi connectivity index (χ1) is 12.1. The first-order valence-electron chi connectivity index (χ1n) is 7.53. The lowest BCUT2D eigenvalue weighted by molar-refractivity contribution is 0.0434. The smallest absolute Gasteiger partial charge is 0.374 e. The van der Waals surface area contributed by atoms with Crippen LogP contribution in [0.25, 0.3) is 11.0 Å². The number of rotatable bonds is 5. The standard InChI is InChI=1S/C19H16O6/c1-22-13-7-8-16(23-2)12(9-13)11-24-19(21)18-10-15(20)14-5-3-4-6-17(14)25-18/h3-10H,11H2,1-2H3. The zero-order valence-electron chi connectivity index (χ0n) is 13.8. The molecule has 0 atom stereocenters. The van der Waals surface area contributed by atoms with Crippen molar-refractivity contribution in [2.45, 2.75) is 6.61 Å². The molecule has 6 heteroatoms. The molecule has 0 aliphatic heterocycles. The van der Waals surface area contributed by atoms with Gasteiger partial charge in [0.15, 0.2) is 5.43 Å². The summed E-state index contributed by atoms with van der Waals surface area (Å²) in [6, 6.07) is 13.0. The Bertz CT molecular complexity index is 973. The predicted molar refractivity (Wildman–Crippen MR) is 91.1 cm³/mol. The lowest BCUT2D eigenvalue weighted by Crippen LogP contribution is -2.10. The number of ether oxygens (including phenoxy) is 3. The lowest BCUT2D eigenvalue weighted by atomic mass is 10.2. The van der Waals surface area contributed by atoms with Gasteiger partial charge >= 0.3 is 5.97 Å². The lowest BCUT2D eigenvalue weighted by Gasteiger charge is -2.11. The highest BCUT2D eigenvalue weighted by Gasteiger charge is 2.15. The molecule has 0 saturated heterocycles. The third-order valence-electron chi connectivity index (χ3n) is 3.68. The number of methoxy groups -OCH3 is 2. The van der Waals surface area contributed by atoms with E-state index < -0.39 is 5.97 Å². The molecular weight excluding hydrogens is 324 g/mol. The molecule has 0 spiro atoms. The summed E-state index contributed by atoms with van der Waals surface area (Å²) in [7, 11) is 3.07. The molecule has 3 aromatic rings. The van der Waals surface area contributed by atoms with Crippen LogP contribution in [0.3, 0.4) is 0 Å². The van der Waals surface area contributed by atoms with Crippen molar-refractivity contribution >= 4 is 16.9 Å². The summed E-state index contributed by atoms with van der Waals surface area (Å²) in [6.07, 6.45) is 0. The van der Waals surface area contributed by atoms with Gasteiger partial charge in [0.05, 0.1) is 19.6 Å². The van der Waals surface area contributed by atoms with E-state index in [1.165, 1.54) is 7.11 Å². The van der Waals surface area contributed by atoms with Crippen LogP contribution in [0.4, 0.5) is 0 Å². The maximum atomic E-state index is 12.2. The topological polar surface area (TPSA) is 75.0 Å². The zero-order valence-corrected chi connectivity index (χ0v) is 13.8. The summed E-state index contributed by atoms with van der Waals surface area (Å²) in [6.45, 7) is -0.0459. The van der Waals surface area contributed by atoms with Crippen LogP contribution in [0.1, 0.15) is 16.1 Å². The van der Waals surface area contributed by atoms with Crippen LogP contribution >= 0.6 is 0 Å². The van der Waals surface area contributed by atoms with Gasteiger partial charge in [0.25, 0.3) is 0 Å².